The number of rotatable bonds is 5. The SMILES string of the molecule is CCOC(=O)COC1=Nc2cc(OC)c(OC)c3nc(Cl)cc(c23)C1=O. The molecule has 3 rings (SSSR count). The summed E-state index contributed by atoms with van der Waals surface area (Å²) in [5.74, 6) is -0.629. The number of halogens is 1. The molecule has 0 saturated carbocycles. The number of esters is 1. The first-order chi connectivity index (χ1) is 12.5. The maximum Gasteiger partial charge on any atom is 0.344 e. The molecule has 0 unspecified atom stereocenters. The van der Waals surface area contributed by atoms with Crippen LogP contribution in [0.15, 0.2) is 17.1 Å². The molecule has 2 heterocycles. The number of ether oxygens (including phenoxy) is 4. The minimum Gasteiger partial charge on any atom is -0.493 e. The van der Waals surface area contributed by atoms with Gasteiger partial charge in [0.05, 0.1) is 26.5 Å². The Bertz CT molecular complexity index is 941. The summed E-state index contributed by atoms with van der Waals surface area (Å²) in [5.41, 5.74) is 1.01. The van der Waals surface area contributed by atoms with Gasteiger partial charge in [0.15, 0.2) is 18.1 Å². The zero-order valence-electron chi connectivity index (χ0n) is 14.3. The van der Waals surface area contributed by atoms with E-state index in [2.05, 4.69) is 9.98 Å². The van der Waals surface area contributed by atoms with E-state index in [9.17, 15) is 9.59 Å². The first-order valence-corrected chi connectivity index (χ1v) is 8.05. The number of pyridine rings is 1. The van der Waals surface area contributed by atoms with Crippen LogP contribution in [0.3, 0.4) is 0 Å². The molecule has 1 aromatic carbocycles. The van der Waals surface area contributed by atoms with Gasteiger partial charge in [-0.25, -0.2) is 14.8 Å². The molecule has 0 fully saturated rings. The maximum absolute atomic E-state index is 12.7. The van der Waals surface area contributed by atoms with Gasteiger partial charge in [0.1, 0.15) is 10.7 Å². The van der Waals surface area contributed by atoms with Crippen molar-refractivity contribution in [1.29, 1.82) is 0 Å². The van der Waals surface area contributed by atoms with Crippen molar-refractivity contribution in [2.45, 2.75) is 6.92 Å². The van der Waals surface area contributed by atoms with Gasteiger partial charge in [-0.1, -0.05) is 11.6 Å². The first-order valence-electron chi connectivity index (χ1n) is 7.67. The molecule has 1 aliphatic heterocycles. The largest absolute Gasteiger partial charge is 0.493 e. The number of hydrogen-bond donors (Lipinski definition) is 0. The zero-order chi connectivity index (χ0) is 18.8. The van der Waals surface area contributed by atoms with E-state index in [1.807, 2.05) is 0 Å². The fraction of sp³-hybridized carbons (Fsp3) is 0.294. The van der Waals surface area contributed by atoms with Gasteiger partial charge in [0, 0.05) is 17.0 Å². The fourth-order valence-corrected chi connectivity index (χ4v) is 2.83. The molecule has 0 amide bonds. The smallest absolute Gasteiger partial charge is 0.344 e. The van der Waals surface area contributed by atoms with E-state index in [1.165, 1.54) is 20.3 Å². The second kappa shape index (κ2) is 7.17. The average molecular weight is 379 g/mol. The highest BCUT2D eigenvalue weighted by atomic mass is 35.5. The van der Waals surface area contributed by atoms with Gasteiger partial charge in [0.25, 0.3) is 5.90 Å². The Morgan fingerprint density at radius 3 is 2.65 bits per heavy atom. The number of methoxy groups -OCH3 is 2. The Kier molecular flexibility index (Phi) is 4.94. The summed E-state index contributed by atoms with van der Waals surface area (Å²) in [6.45, 7) is 1.46. The summed E-state index contributed by atoms with van der Waals surface area (Å²) in [6, 6.07) is 3.02. The molecular weight excluding hydrogens is 364 g/mol. The molecule has 0 aliphatic carbocycles. The number of hydrogen-bond acceptors (Lipinski definition) is 8. The molecule has 0 N–H and O–H groups in total. The monoisotopic (exact) mass is 378 g/mol. The van der Waals surface area contributed by atoms with Gasteiger partial charge in [-0.05, 0) is 13.0 Å². The molecule has 0 spiro atoms. The highest BCUT2D eigenvalue weighted by Gasteiger charge is 2.30. The summed E-state index contributed by atoms with van der Waals surface area (Å²) in [5, 5.41) is 0.575. The van der Waals surface area contributed by atoms with E-state index >= 15 is 0 Å². The lowest BCUT2D eigenvalue weighted by Crippen LogP contribution is -2.25. The van der Waals surface area contributed by atoms with Gasteiger partial charge in [-0.2, -0.15) is 0 Å². The molecule has 0 atom stereocenters. The van der Waals surface area contributed by atoms with Crippen molar-refractivity contribution in [2.24, 2.45) is 4.99 Å². The number of Topliss-reactive ketones (excluding diaryl/α,β-unsaturated/α-hetero) is 1. The van der Waals surface area contributed by atoms with Crippen molar-refractivity contribution < 1.29 is 28.5 Å². The summed E-state index contributed by atoms with van der Waals surface area (Å²) < 4.78 is 20.7. The number of ketones is 1. The van der Waals surface area contributed by atoms with Crippen LogP contribution in [0.5, 0.6) is 11.5 Å². The highest BCUT2D eigenvalue weighted by Crippen LogP contribution is 2.44. The van der Waals surface area contributed by atoms with Crippen LogP contribution in [-0.2, 0) is 14.3 Å². The second-order valence-corrected chi connectivity index (χ2v) is 5.57. The van der Waals surface area contributed by atoms with E-state index in [-0.39, 0.29) is 23.2 Å². The van der Waals surface area contributed by atoms with Crippen molar-refractivity contribution in [3.63, 3.8) is 0 Å². The molecule has 8 nitrogen and oxygen atoms in total. The summed E-state index contributed by atoms with van der Waals surface area (Å²) in [4.78, 5) is 32.6. The van der Waals surface area contributed by atoms with Crippen molar-refractivity contribution in [3.05, 3.63) is 22.8 Å². The van der Waals surface area contributed by atoms with Gasteiger partial charge in [-0.15, -0.1) is 0 Å². The standard InChI is InChI=1S/C17H15ClN2O6/c1-4-25-12(21)7-26-17-15(22)8-5-11(18)20-14-13(8)9(19-17)6-10(23-2)16(14)24-3/h5-6H,4,7H2,1-3H3. The van der Waals surface area contributed by atoms with Gasteiger partial charge >= 0.3 is 5.97 Å². The predicted molar refractivity (Wildman–Crippen MR) is 93.9 cm³/mol. The lowest BCUT2D eigenvalue weighted by atomic mass is 10.00. The van der Waals surface area contributed by atoms with Crippen molar-refractivity contribution in [2.75, 3.05) is 27.4 Å². The Morgan fingerprint density at radius 1 is 1.23 bits per heavy atom. The molecule has 26 heavy (non-hydrogen) atoms. The molecule has 0 saturated heterocycles. The number of aliphatic imine (C=N–C) groups is 1. The Labute approximate surface area is 153 Å². The average Bonchev–Trinajstić information content (AvgIpc) is 2.62. The van der Waals surface area contributed by atoms with Crippen LogP contribution in [0.2, 0.25) is 5.15 Å². The Morgan fingerprint density at radius 2 is 2.00 bits per heavy atom. The minimum absolute atomic E-state index is 0.102. The normalized spacial score (nSPS) is 12.6. The Balaban J connectivity index is 2.13. The molecule has 9 heteroatoms. The van der Waals surface area contributed by atoms with E-state index in [0.29, 0.717) is 28.1 Å². The van der Waals surface area contributed by atoms with E-state index in [0.717, 1.165) is 0 Å². The van der Waals surface area contributed by atoms with Gasteiger partial charge < -0.3 is 18.9 Å². The number of nitrogens with zero attached hydrogens (tertiary/aromatic N) is 2. The first kappa shape index (κ1) is 17.9. The molecule has 0 bridgehead atoms. The fourth-order valence-electron chi connectivity index (χ4n) is 2.64. The molecular formula is C17H15ClN2O6. The molecule has 0 radical (unpaired) electrons. The lowest BCUT2D eigenvalue weighted by molar-refractivity contribution is -0.145. The van der Waals surface area contributed by atoms with Crippen LogP contribution < -0.4 is 9.47 Å². The quantitative estimate of drug-likeness (QED) is 0.583. The molecule has 1 aromatic heterocycles. The third-order valence-electron chi connectivity index (χ3n) is 3.67. The third kappa shape index (κ3) is 3.03. The molecule has 136 valence electrons. The second-order valence-electron chi connectivity index (χ2n) is 5.19. The van der Waals surface area contributed by atoms with Crippen LogP contribution >= 0.6 is 11.6 Å². The van der Waals surface area contributed by atoms with Crippen LogP contribution in [0.1, 0.15) is 17.3 Å². The van der Waals surface area contributed by atoms with Crippen LogP contribution in [0.25, 0.3) is 10.9 Å². The predicted octanol–water partition coefficient (Wildman–Crippen LogP) is 2.71. The van der Waals surface area contributed by atoms with Crippen molar-refractivity contribution in [3.8, 4) is 11.5 Å². The van der Waals surface area contributed by atoms with Gasteiger partial charge in [0.2, 0.25) is 5.78 Å². The summed E-state index contributed by atoms with van der Waals surface area (Å²) in [7, 11) is 2.93. The van der Waals surface area contributed by atoms with E-state index in [1.54, 1.807) is 13.0 Å². The topological polar surface area (TPSA) is 96.3 Å². The van der Waals surface area contributed by atoms with Crippen molar-refractivity contribution >= 4 is 45.8 Å². The number of carbonyl (C=O) groups excluding carboxylic acids is 2. The summed E-state index contributed by atoms with van der Waals surface area (Å²) in [6.07, 6.45) is 0. The Hall–Kier alpha value is -2.87. The highest BCUT2D eigenvalue weighted by molar-refractivity contribution is 6.48. The minimum atomic E-state index is -0.598. The van der Waals surface area contributed by atoms with Gasteiger partial charge in [-0.3, -0.25) is 4.79 Å². The number of carbonyl (C=O) groups is 2. The number of benzene rings is 1. The summed E-state index contributed by atoms with van der Waals surface area (Å²) >= 11 is 6.07. The molecule has 2 aromatic rings. The third-order valence-corrected chi connectivity index (χ3v) is 3.86. The maximum atomic E-state index is 12.7. The lowest BCUT2D eigenvalue weighted by Gasteiger charge is -2.19. The van der Waals surface area contributed by atoms with E-state index in [4.69, 9.17) is 30.5 Å². The van der Waals surface area contributed by atoms with Crippen LogP contribution in [0, 0.1) is 0 Å². The van der Waals surface area contributed by atoms with E-state index < -0.39 is 18.4 Å². The molecule has 1 aliphatic rings. The van der Waals surface area contributed by atoms with Crippen molar-refractivity contribution in [1.82, 2.24) is 4.98 Å². The zero-order valence-corrected chi connectivity index (χ0v) is 15.0. The van der Waals surface area contributed by atoms with Crippen LogP contribution in [0.4, 0.5) is 5.69 Å². The number of aromatic nitrogens is 1. The van der Waals surface area contributed by atoms with Crippen LogP contribution in [-0.4, -0.2) is 50.1 Å².